The molecule has 0 spiro atoms. The van der Waals surface area contributed by atoms with Crippen molar-refractivity contribution < 1.29 is 9.59 Å². The molecule has 0 saturated carbocycles. The summed E-state index contributed by atoms with van der Waals surface area (Å²) < 4.78 is 0. The van der Waals surface area contributed by atoms with Crippen LogP contribution in [0, 0.1) is 0 Å². The van der Waals surface area contributed by atoms with Gasteiger partial charge in [0.2, 0.25) is 11.8 Å². The lowest BCUT2D eigenvalue weighted by Gasteiger charge is -2.32. The molecule has 0 aliphatic heterocycles. The average molecular weight is 578 g/mol. The Morgan fingerprint density at radius 1 is 0.892 bits per heavy atom. The third kappa shape index (κ3) is 9.26. The Morgan fingerprint density at radius 3 is 2.22 bits per heavy atom. The number of carbonyl (C=O) groups excluding carboxylic acids is 2. The predicted molar refractivity (Wildman–Crippen MR) is 156 cm³/mol. The highest BCUT2D eigenvalue weighted by atomic mass is 35.5. The van der Waals surface area contributed by atoms with Crippen molar-refractivity contribution in [3.05, 3.63) is 105 Å². The van der Waals surface area contributed by atoms with Crippen LogP contribution in [0.5, 0.6) is 0 Å². The fourth-order valence-corrected chi connectivity index (χ4v) is 5.07. The van der Waals surface area contributed by atoms with Gasteiger partial charge in [-0.15, -0.1) is 11.8 Å². The molecule has 0 saturated heterocycles. The molecule has 0 aliphatic rings. The highest BCUT2D eigenvalue weighted by Crippen LogP contribution is 2.25. The molecule has 0 bridgehead atoms. The Kier molecular flexibility index (Phi) is 11.7. The van der Waals surface area contributed by atoms with Gasteiger partial charge in [0.25, 0.3) is 0 Å². The van der Waals surface area contributed by atoms with Crippen molar-refractivity contribution in [3.63, 3.8) is 0 Å². The van der Waals surface area contributed by atoms with Crippen LogP contribution in [0.2, 0.25) is 15.1 Å². The van der Waals surface area contributed by atoms with Crippen LogP contribution in [-0.2, 0) is 28.3 Å². The summed E-state index contributed by atoms with van der Waals surface area (Å²) in [5, 5.41) is 4.61. The SMILES string of the molecule is CC[C@@H](C)NC(=O)[C@@H](Cc1ccccc1)N(Cc1ccc(Cl)c(Cl)c1)C(=O)CSCc1ccc(Cl)cc1. The first-order valence-electron chi connectivity index (χ1n) is 12.2. The molecule has 2 amide bonds. The number of thioether (sulfide) groups is 1. The van der Waals surface area contributed by atoms with Crippen LogP contribution in [0.15, 0.2) is 72.8 Å². The number of rotatable bonds is 12. The highest BCUT2D eigenvalue weighted by molar-refractivity contribution is 7.99. The maximum absolute atomic E-state index is 13.7. The van der Waals surface area contributed by atoms with Gasteiger partial charge in [-0.2, -0.15) is 0 Å². The first-order valence-corrected chi connectivity index (χ1v) is 14.5. The van der Waals surface area contributed by atoms with E-state index in [2.05, 4.69) is 5.32 Å². The van der Waals surface area contributed by atoms with E-state index in [1.165, 1.54) is 11.8 Å². The van der Waals surface area contributed by atoms with Crippen LogP contribution >= 0.6 is 46.6 Å². The van der Waals surface area contributed by atoms with E-state index in [0.29, 0.717) is 27.2 Å². The van der Waals surface area contributed by atoms with Gasteiger partial charge in [0.1, 0.15) is 6.04 Å². The number of hydrogen-bond donors (Lipinski definition) is 1. The number of hydrogen-bond acceptors (Lipinski definition) is 3. The molecule has 0 aromatic heterocycles. The van der Waals surface area contributed by atoms with Crippen molar-refractivity contribution in [1.29, 1.82) is 0 Å². The van der Waals surface area contributed by atoms with Gasteiger partial charge in [0.15, 0.2) is 0 Å². The second kappa shape index (κ2) is 14.7. The van der Waals surface area contributed by atoms with Gasteiger partial charge in [-0.25, -0.2) is 0 Å². The quantitative estimate of drug-likeness (QED) is 0.243. The van der Waals surface area contributed by atoms with E-state index in [1.54, 1.807) is 17.0 Å². The minimum absolute atomic E-state index is 0.00742. The highest BCUT2D eigenvalue weighted by Gasteiger charge is 2.31. The van der Waals surface area contributed by atoms with Crippen molar-refractivity contribution in [2.24, 2.45) is 0 Å². The second-order valence-electron chi connectivity index (χ2n) is 8.91. The Morgan fingerprint density at radius 2 is 1.57 bits per heavy atom. The molecule has 0 heterocycles. The smallest absolute Gasteiger partial charge is 0.243 e. The van der Waals surface area contributed by atoms with Gasteiger partial charge in [-0.05, 0) is 54.3 Å². The van der Waals surface area contributed by atoms with E-state index in [9.17, 15) is 9.59 Å². The summed E-state index contributed by atoms with van der Waals surface area (Å²) in [4.78, 5) is 28.9. The van der Waals surface area contributed by atoms with E-state index in [1.807, 2.05) is 74.5 Å². The zero-order valence-electron chi connectivity index (χ0n) is 20.9. The minimum atomic E-state index is -0.686. The summed E-state index contributed by atoms with van der Waals surface area (Å²) in [6, 6.07) is 21.9. The van der Waals surface area contributed by atoms with E-state index in [0.717, 1.165) is 23.1 Å². The van der Waals surface area contributed by atoms with Crippen molar-refractivity contribution in [3.8, 4) is 0 Å². The molecular weight excluding hydrogens is 547 g/mol. The number of amides is 2. The largest absolute Gasteiger partial charge is 0.352 e. The zero-order valence-corrected chi connectivity index (χ0v) is 24.0. The number of nitrogens with one attached hydrogen (secondary N) is 1. The normalized spacial score (nSPS) is 12.6. The second-order valence-corrected chi connectivity index (χ2v) is 11.1. The van der Waals surface area contributed by atoms with E-state index in [4.69, 9.17) is 34.8 Å². The maximum atomic E-state index is 13.7. The Labute approximate surface area is 238 Å². The van der Waals surface area contributed by atoms with Gasteiger partial charge >= 0.3 is 0 Å². The lowest BCUT2D eigenvalue weighted by molar-refractivity contribution is -0.139. The molecule has 37 heavy (non-hydrogen) atoms. The molecule has 0 aliphatic carbocycles. The molecule has 3 aromatic rings. The molecule has 0 unspecified atom stereocenters. The third-order valence-corrected chi connectivity index (χ3v) is 8.00. The predicted octanol–water partition coefficient (Wildman–Crippen LogP) is 7.43. The van der Waals surface area contributed by atoms with Crippen molar-refractivity contribution in [1.82, 2.24) is 10.2 Å². The minimum Gasteiger partial charge on any atom is -0.352 e. The maximum Gasteiger partial charge on any atom is 0.243 e. The molecule has 4 nitrogen and oxygen atoms in total. The fraction of sp³-hybridized carbons (Fsp3) is 0.310. The summed E-state index contributed by atoms with van der Waals surface area (Å²) >= 11 is 19.9. The van der Waals surface area contributed by atoms with Gasteiger partial charge in [-0.3, -0.25) is 9.59 Å². The summed E-state index contributed by atoms with van der Waals surface area (Å²) in [7, 11) is 0. The van der Waals surface area contributed by atoms with Crippen LogP contribution in [-0.4, -0.2) is 34.6 Å². The van der Waals surface area contributed by atoms with Crippen LogP contribution < -0.4 is 5.32 Å². The molecule has 1 N–H and O–H groups in total. The van der Waals surface area contributed by atoms with Gasteiger partial charge in [-0.1, -0.05) is 90.3 Å². The molecule has 0 fully saturated rings. The molecule has 3 rings (SSSR count). The number of nitrogens with zero attached hydrogens (tertiary/aromatic N) is 1. The van der Waals surface area contributed by atoms with Crippen molar-refractivity contribution in [2.75, 3.05) is 5.75 Å². The van der Waals surface area contributed by atoms with Crippen molar-refractivity contribution >= 4 is 58.4 Å². The Hall–Kier alpha value is -2.18. The molecule has 0 radical (unpaired) electrons. The lowest BCUT2D eigenvalue weighted by Crippen LogP contribution is -2.52. The molecule has 8 heteroatoms. The van der Waals surface area contributed by atoms with E-state index >= 15 is 0 Å². The molecule has 196 valence electrons. The zero-order chi connectivity index (χ0) is 26.8. The van der Waals surface area contributed by atoms with Crippen molar-refractivity contribution in [2.45, 2.75) is 51.1 Å². The average Bonchev–Trinajstić information content (AvgIpc) is 2.89. The lowest BCUT2D eigenvalue weighted by atomic mass is 10.0. The molecule has 3 aromatic carbocycles. The van der Waals surface area contributed by atoms with E-state index < -0.39 is 6.04 Å². The Bertz CT molecular complexity index is 1180. The number of halogens is 3. The number of benzene rings is 3. The standard InChI is InChI=1S/C29H31Cl3N2O2S/c1-3-20(2)33-29(36)27(16-21-7-5-4-6-8-21)34(17-23-11-14-25(31)26(32)15-23)28(35)19-37-18-22-9-12-24(30)13-10-22/h4-15,20,27H,3,16-19H2,1-2H3,(H,33,36)/t20-,27-/m1/s1. The summed E-state index contributed by atoms with van der Waals surface area (Å²) in [6.45, 7) is 4.22. The first kappa shape index (κ1) is 29.4. The summed E-state index contributed by atoms with van der Waals surface area (Å²) in [6.07, 6.45) is 1.19. The summed E-state index contributed by atoms with van der Waals surface area (Å²) in [5.41, 5.74) is 2.86. The van der Waals surface area contributed by atoms with Crippen LogP contribution in [0.25, 0.3) is 0 Å². The topological polar surface area (TPSA) is 49.4 Å². The summed E-state index contributed by atoms with van der Waals surface area (Å²) in [5.74, 6) is 0.595. The number of carbonyl (C=O) groups is 2. The van der Waals surface area contributed by atoms with E-state index in [-0.39, 0.29) is 30.2 Å². The van der Waals surface area contributed by atoms with Crippen LogP contribution in [0.3, 0.4) is 0 Å². The molecule has 2 atom stereocenters. The third-order valence-electron chi connectivity index (χ3n) is 6.02. The van der Waals surface area contributed by atoms with Crippen LogP contribution in [0.1, 0.15) is 37.0 Å². The van der Waals surface area contributed by atoms with Gasteiger partial charge in [0.05, 0.1) is 15.8 Å². The Balaban J connectivity index is 1.87. The molecular formula is C29H31Cl3N2O2S. The fourth-order valence-electron chi connectivity index (χ4n) is 3.75. The monoisotopic (exact) mass is 576 g/mol. The van der Waals surface area contributed by atoms with Crippen LogP contribution in [0.4, 0.5) is 0 Å². The first-order chi connectivity index (χ1) is 17.8. The van der Waals surface area contributed by atoms with Gasteiger partial charge in [0, 0.05) is 29.8 Å². The van der Waals surface area contributed by atoms with Gasteiger partial charge < -0.3 is 10.2 Å².